The Hall–Kier alpha value is -3.22. The van der Waals surface area contributed by atoms with E-state index in [1.807, 2.05) is 25.1 Å². The summed E-state index contributed by atoms with van der Waals surface area (Å²) in [6, 6.07) is 12.6. The van der Waals surface area contributed by atoms with Gasteiger partial charge in [0, 0.05) is 25.1 Å². The highest BCUT2D eigenvalue weighted by molar-refractivity contribution is 5.79. The molecule has 1 aliphatic rings. The van der Waals surface area contributed by atoms with E-state index in [9.17, 15) is 9.18 Å². The number of aromatic nitrogens is 2. The number of hydrogen-bond donors (Lipinski definition) is 0. The number of ether oxygens (including phenoxy) is 1. The normalized spacial score (nSPS) is 16.6. The van der Waals surface area contributed by atoms with Gasteiger partial charge in [0.1, 0.15) is 0 Å². The maximum absolute atomic E-state index is 13.9. The van der Waals surface area contributed by atoms with Crippen LogP contribution in [0.2, 0.25) is 0 Å². The highest BCUT2D eigenvalue weighted by Gasteiger charge is 2.34. The van der Waals surface area contributed by atoms with E-state index in [0.717, 1.165) is 11.1 Å². The summed E-state index contributed by atoms with van der Waals surface area (Å²) < 4.78 is 24.2. The maximum Gasteiger partial charge on any atom is 0.232 e. The number of halogens is 1. The molecule has 1 aromatic heterocycles. The molecule has 1 saturated heterocycles. The van der Waals surface area contributed by atoms with Gasteiger partial charge >= 0.3 is 0 Å². The van der Waals surface area contributed by atoms with Crippen molar-refractivity contribution in [1.82, 2.24) is 15.0 Å². The number of likely N-dealkylation sites (tertiary alicyclic amines) is 1. The van der Waals surface area contributed by atoms with Gasteiger partial charge in [-0.3, -0.25) is 4.79 Å². The zero-order valence-corrected chi connectivity index (χ0v) is 15.7. The number of nitrogens with zero attached hydrogens (tertiary/aromatic N) is 3. The van der Waals surface area contributed by atoms with Crippen LogP contribution in [0.15, 0.2) is 47.0 Å². The Kier molecular flexibility index (Phi) is 4.81. The minimum absolute atomic E-state index is 0.0572. The van der Waals surface area contributed by atoms with Crippen molar-refractivity contribution in [3.05, 3.63) is 65.3 Å². The Labute approximate surface area is 161 Å². The molecule has 1 amide bonds. The third-order valence-corrected chi connectivity index (χ3v) is 4.87. The minimum Gasteiger partial charge on any atom is -0.494 e. The smallest absolute Gasteiger partial charge is 0.232 e. The third kappa shape index (κ3) is 3.60. The first-order valence-electron chi connectivity index (χ1n) is 9.04. The highest BCUT2D eigenvalue weighted by Crippen LogP contribution is 2.30. The summed E-state index contributed by atoms with van der Waals surface area (Å²) in [4.78, 5) is 18.6. The Morgan fingerprint density at radius 1 is 1.29 bits per heavy atom. The van der Waals surface area contributed by atoms with Crippen LogP contribution in [-0.4, -0.2) is 34.6 Å². The van der Waals surface area contributed by atoms with Gasteiger partial charge in [-0.25, -0.2) is 4.39 Å². The molecule has 28 heavy (non-hydrogen) atoms. The standard InChI is InChI=1S/C21H20FN3O3/c1-13-4-3-5-14(8-13)11-25-12-16(10-19(25)26)21-23-20(24-28-21)15-6-7-18(27-2)17(22)9-15/h3-9,16H,10-12H2,1-2H3. The fourth-order valence-corrected chi connectivity index (χ4v) is 3.45. The summed E-state index contributed by atoms with van der Waals surface area (Å²) in [5.41, 5.74) is 2.75. The molecule has 1 fully saturated rings. The van der Waals surface area contributed by atoms with E-state index in [4.69, 9.17) is 9.26 Å². The number of hydrogen-bond acceptors (Lipinski definition) is 5. The number of amides is 1. The van der Waals surface area contributed by atoms with E-state index < -0.39 is 5.82 Å². The van der Waals surface area contributed by atoms with Crippen LogP contribution >= 0.6 is 0 Å². The molecule has 4 rings (SSSR count). The molecule has 0 bridgehead atoms. The van der Waals surface area contributed by atoms with Gasteiger partial charge in [-0.05, 0) is 30.7 Å². The lowest BCUT2D eigenvalue weighted by molar-refractivity contribution is -0.128. The van der Waals surface area contributed by atoms with E-state index in [-0.39, 0.29) is 17.6 Å². The van der Waals surface area contributed by atoms with E-state index in [1.165, 1.54) is 19.2 Å². The first kappa shape index (κ1) is 18.2. The van der Waals surface area contributed by atoms with Crippen molar-refractivity contribution < 1.29 is 18.4 Å². The summed E-state index contributed by atoms with van der Waals surface area (Å²) in [5.74, 6) is 0.239. The molecular formula is C21H20FN3O3. The number of methoxy groups -OCH3 is 1. The van der Waals surface area contributed by atoms with Gasteiger partial charge in [0.25, 0.3) is 0 Å². The molecule has 3 aromatic rings. The molecule has 2 heterocycles. The maximum atomic E-state index is 13.9. The van der Waals surface area contributed by atoms with Gasteiger partial charge in [0.15, 0.2) is 11.6 Å². The fourth-order valence-electron chi connectivity index (χ4n) is 3.45. The Balaban J connectivity index is 1.48. The SMILES string of the molecule is COc1ccc(-c2noc(C3CC(=O)N(Cc4cccc(C)c4)C3)n2)cc1F. The summed E-state index contributed by atoms with van der Waals surface area (Å²) in [6.45, 7) is 3.10. The molecule has 0 N–H and O–H groups in total. The molecule has 6 nitrogen and oxygen atoms in total. The van der Waals surface area contributed by atoms with Crippen LogP contribution in [0.1, 0.15) is 29.4 Å². The monoisotopic (exact) mass is 381 g/mol. The largest absolute Gasteiger partial charge is 0.494 e. The zero-order chi connectivity index (χ0) is 19.7. The first-order chi connectivity index (χ1) is 13.5. The lowest BCUT2D eigenvalue weighted by atomic mass is 10.1. The minimum atomic E-state index is -0.494. The molecule has 7 heteroatoms. The van der Waals surface area contributed by atoms with E-state index in [2.05, 4.69) is 16.2 Å². The second-order valence-electron chi connectivity index (χ2n) is 6.97. The molecule has 0 radical (unpaired) electrons. The van der Waals surface area contributed by atoms with Gasteiger partial charge in [-0.2, -0.15) is 4.98 Å². The predicted octanol–water partition coefficient (Wildman–Crippen LogP) is 3.71. The summed E-state index contributed by atoms with van der Waals surface area (Å²) in [6.07, 6.45) is 0.324. The van der Waals surface area contributed by atoms with Gasteiger partial charge in [-0.15, -0.1) is 0 Å². The average molecular weight is 381 g/mol. The second kappa shape index (κ2) is 7.42. The molecule has 144 valence electrons. The highest BCUT2D eigenvalue weighted by atomic mass is 19.1. The van der Waals surface area contributed by atoms with Crippen molar-refractivity contribution >= 4 is 5.91 Å². The molecule has 0 aliphatic carbocycles. The van der Waals surface area contributed by atoms with Crippen molar-refractivity contribution in [2.24, 2.45) is 0 Å². The molecule has 2 aromatic carbocycles. The van der Waals surface area contributed by atoms with Crippen LogP contribution in [0.5, 0.6) is 5.75 Å². The van der Waals surface area contributed by atoms with Crippen LogP contribution in [0.4, 0.5) is 4.39 Å². The number of rotatable bonds is 5. The number of carbonyl (C=O) groups excluding carboxylic acids is 1. The van der Waals surface area contributed by atoms with E-state index in [0.29, 0.717) is 36.8 Å². The van der Waals surface area contributed by atoms with Crippen LogP contribution in [0.25, 0.3) is 11.4 Å². The van der Waals surface area contributed by atoms with E-state index in [1.54, 1.807) is 11.0 Å². The van der Waals surface area contributed by atoms with Crippen molar-refractivity contribution in [2.45, 2.75) is 25.8 Å². The number of carbonyl (C=O) groups is 1. The second-order valence-corrected chi connectivity index (χ2v) is 6.97. The lowest BCUT2D eigenvalue weighted by Gasteiger charge is -2.16. The fraction of sp³-hybridized carbons (Fsp3) is 0.286. The van der Waals surface area contributed by atoms with Crippen LogP contribution < -0.4 is 4.74 Å². The van der Waals surface area contributed by atoms with Crippen molar-refractivity contribution in [3.8, 4) is 17.1 Å². The summed E-state index contributed by atoms with van der Waals surface area (Å²) >= 11 is 0. The molecule has 1 unspecified atom stereocenters. The molecular weight excluding hydrogens is 361 g/mol. The van der Waals surface area contributed by atoms with E-state index >= 15 is 0 Å². The Morgan fingerprint density at radius 2 is 2.14 bits per heavy atom. The lowest BCUT2D eigenvalue weighted by Crippen LogP contribution is -2.24. The molecule has 1 aliphatic heterocycles. The van der Waals surface area contributed by atoms with Crippen LogP contribution in [0.3, 0.4) is 0 Å². The van der Waals surface area contributed by atoms with Gasteiger partial charge in [-0.1, -0.05) is 35.0 Å². The summed E-state index contributed by atoms with van der Waals surface area (Å²) in [5, 5.41) is 3.95. The Bertz CT molecular complexity index is 1020. The molecule has 0 saturated carbocycles. The average Bonchev–Trinajstić information content (AvgIpc) is 3.29. The Morgan fingerprint density at radius 3 is 2.89 bits per heavy atom. The van der Waals surface area contributed by atoms with Gasteiger partial charge in [0.05, 0.1) is 13.0 Å². The molecule has 0 spiro atoms. The van der Waals surface area contributed by atoms with Crippen LogP contribution in [0, 0.1) is 12.7 Å². The predicted molar refractivity (Wildman–Crippen MR) is 100 cm³/mol. The quantitative estimate of drug-likeness (QED) is 0.674. The molecule has 1 atom stereocenters. The van der Waals surface area contributed by atoms with Crippen LogP contribution in [-0.2, 0) is 11.3 Å². The zero-order valence-electron chi connectivity index (χ0n) is 15.7. The van der Waals surface area contributed by atoms with Crippen molar-refractivity contribution in [2.75, 3.05) is 13.7 Å². The number of aryl methyl sites for hydroxylation is 1. The van der Waals surface area contributed by atoms with Gasteiger partial charge < -0.3 is 14.2 Å². The topological polar surface area (TPSA) is 68.5 Å². The van der Waals surface area contributed by atoms with Gasteiger partial charge in [0.2, 0.25) is 17.6 Å². The number of benzene rings is 2. The first-order valence-corrected chi connectivity index (χ1v) is 9.04. The summed E-state index contributed by atoms with van der Waals surface area (Å²) in [7, 11) is 1.41. The third-order valence-electron chi connectivity index (χ3n) is 4.87. The van der Waals surface area contributed by atoms with Crippen molar-refractivity contribution in [3.63, 3.8) is 0 Å². The van der Waals surface area contributed by atoms with Crippen molar-refractivity contribution in [1.29, 1.82) is 0 Å².